The van der Waals surface area contributed by atoms with Gasteiger partial charge in [0.2, 0.25) is 0 Å². The summed E-state index contributed by atoms with van der Waals surface area (Å²) in [5, 5.41) is 8.90. The first kappa shape index (κ1) is 20.1. The highest BCUT2D eigenvalue weighted by Gasteiger charge is 2.13. The molecule has 2 rings (SSSR count). The molecule has 0 bridgehead atoms. The number of benzene rings is 2. The van der Waals surface area contributed by atoms with Crippen molar-refractivity contribution in [1.29, 1.82) is 5.26 Å². The predicted octanol–water partition coefficient (Wildman–Crippen LogP) is 4.44. The zero-order valence-corrected chi connectivity index (χ0v) is 15.7. The van der Waals surface area contributed by atoms with E-state index in [1.54, 1.807) is 11.0 Å². The van der Waals surface area contributed by atoms with Gasteiger partial charge in [-0.25, -0.2) is 0 Å². The molecule has 0 fully saturated rings. The van der Waals surface area contributed by atoms with E-state index in [1.165, 1.54) is 6.08 Å². The summed E-state index contributed by atoms with van der Waals surface area (Å²) in [5.41, 5.74) is 1.63. The fraction of sp³-hybridized carbons (Fsp3) is 0.273. The van der Waals surface area contributed by atoms with Gasteiger partial charge in [0.1, 0.15) is 11.5 Å². The Kier molecular flexibility index (Phi) is 7.92. The summed E-state index contributed by atoms with van der Waals surface area (Å²) in [7, 11) is 0. The molecule has 0 aliphatic heterocycles. The Morgan fingerprint density at radius 3 is 2.07 bits per heavy atom. The van der Waals surface area contributed by atoms with Gasteiger partial charge in [-0.3, -0.25) is 4.79 Å². The Bertz CT molecular complexity index is 790. The minimum Gasteiger partial charge on any atom is -0.494 e. The number of rotatable bonds is 9. The molecule has 0 atom stereocenters. The zero-order chi connectivity index (χ0) is 19.5. The van der Waals surface area contributed by atoms with E-state index < -0.39 is 0 Å². The van der Waals surface area contributed by atoms with E-state index in [1.807, 2.05) is 62.4 Å². The largest absolute Gasteiger partial charge is 0.494 e. The van der Waals surface area contributed by atoms with Gasteiger partial charge in [0.15, 0.2) is 0 Å². The highest BCUT2D eigenvalue weighted by Crippen LogP contribution is 2.21. The summed E-state index contributed by atoms with van der Waals surface area (Å²) in [6, 6.07) is 16.9. The lowest BCUT2D eigenvalue weighted by molar-refractivity contribution is -0.114. The molecule has 0 saturated heterocycles. The van der Waals surface area contributed by atoms with Crippen LogP contribution in [0, 0.1) is 11.3 Å². The van der Waals surface area contributed by atoms with Crippen LogP contribution in [0.3, 0.4) is 0 Å². The van der Waals surface area contributed by atoms with Crippen LogP contribution >= 0.6 is 0 Å². The number of ether oxygens (including phenoxy) is 2. The maximum absolute atomic E-state index is 12.7. The topological polar surface area (TPSA) is 62.6 Å². The number of nitrogens with zero attached hydrogens (tertiary/aromatic N) is 2. The van der Waals surface area contributed by atoms with Gasteiger partial charge in [0.25, 0.3) is 5.91 Å². The summed E-state index contributed by atoms with van der Waals surface area (Å²) >= 11 is 0. The lowest BCUT2D eigenvalue weighted by atomic mass is 10.2. The average molecular weight is 364 g/mol. The lowest BCUT2D eigenvalue weighted by Crippen LogP contribution is -2.30. The van der Waals surface area contributed by atoms with Gasteiger partial charge < -0.3 is 14.4 Å². The molecule has 0 radical (unpaired) electrons. The van der Waals surface area contributed by atoms with Crippen LogP contribution < -0.4 is 14.4 Å². The number of anilines is 1. The highest BCUT2D eigenvalue weighted by molar-refractivity contribution is 6.03. The van der Waals surface area contributed by atoms with E-state index in [9.17, 15) is 4.79 Å². The summed E-state index contributed by atoms with van der Waals surface area (Å²) < 4.78 is 10.8. The first-order chi connectivity index (χ1) is 13.2. The number of amides is 1. The van der Waals surface area contributed by atoms with E-state index in [4.69, 9.17) is 14.7 Å². The Hall–Kier alpha value is -3.26. The number of hydrogen-bond acceptors (Lipinski definition) is 4. The lowest BCUT2D eigenvalue weighted by Gasteiger charge is -2.20. The Balaban J connectivity index is 2.12. The number of hydrogen-bond donors (Lipinski definition) is 0. The predicted molar refractivity (Wildman–Crippen MR) is 107 cm³/mol. The van der Waals surface area contributed by atoms with Gasteiger partial charge in [0, 0.05) is 18.3 Å². The summed E-state index contributed by atoms with van der Waals surface area (Å²) in [5.74, 6) is 1.37. The Morgan fingerprint density at radius 2 is 1.56 bits per heavy atom. The van der Waals surface area contributed by atoms with E-state index in [-0.39, 0.29) is 12.3 Å². The van der Waals surface area contributed by atoms with E-state index in [0.717, 1.165) is 22.7 Å². The smallest absolute Gasteiger partial charge is 0.251 e. The fourth-order valence-electron chi connectivity index (χ4n) is 2.52. The molecule has 2 aromatic carbocycles. The highest BCUT2D eigenvalue weighted by atomic mass is 16.5. The SMILES string of the molecule is CCOc1ccc(/C=C/C(=O)N(CCC#N)c2ccc(OCC)cc2)cc1. The third kappa shape index (κ3) is 6.19. The molecule has 0 aliphatic carbocycles. The van der Waals surface area contributed by atoms with Crippen molar-refractivity contribution in [3.05, 3.63) is 60.2 Å². The molecule has 0 spiro atoms. The van der Waals surface area contributed by atoms with Crippen LogP contribution in [-0.4, -0.2) is 25.7 Å². The Labute approximate surface area is 160 Å². The van der Waals surface area contributed by atoms with Crippen molar-refractivity contribution in [2.24, 2.45) is 0 Å². The monoisotopic (exact) mass is 364 g/mol. The second-order valence-corrected chi connectivity index (χ2v) is 5.66. The van der Waals surface area contributed by atoms with E-state index >= 15 is 0 Å². The number of nitriles is 1. The molecule has 1 amide bonds. The molecule has 2 aromatic rings. The molecule has 0 aliphatic rings. The molecule has 0 aromatic heterocycles. The average Bonchev–Trinajstić information content (AvgIpc) is 2.69. The summed E-state index contributed by atoms with van der Waals surface area (Å²) in [4.78, 5) is 14.3. The summed E-state index contributed by atoms with van der Waals surface area (Å²) in [6.45, 7) is 5.38. The maximum atomic E-state index is 12.7. The molecular weight excluding hydrogens is 340 g/mol. The minimum atomic E-state index is -0.178. The number of carbonyl (C=O) groups excluding carboxylic acids is 1. The third-order valence-electron chi connectivity index (χ3n) is 3.78. The van der Waals surface area contributed by atoms with E-state index in [2.05, 4.69) is 6.07 Å². The van der Waals surface area contributed by atoms with E-state index in [0.29, 0.717) is 19.8 Å². The molecule has 0 N–H and O–H groups in total. The van der Waals surface area contributed by atoms with Gasteiger partial charge >= 0.3 is 0 Å². The van der Waals surface area contributed by atoms with Crippen LogP contribution in [0.2, 0.25) is 0 Å². The third-order valence-corrected chi connectivity index (χ3v) is 3.78. The van der Waals surface area contributed by atoms with Crippen LogP contribution in [0.4, 0.5) is 5.69 Å². The van der Waals surface area contributed by atoms with Gasteiger partial charge in [-0.1, -0.05) is 12.1 Å². The van der Waals surface area contributed by atoms with Crippen molar-refractivity contribution < 1.29 is 14.3 Å². The maximum Gasteiger partial charge on any atom is 0.251 e. The minimum absolute atomic E-state index is 0.178. The van der Waals surface area contributed by atoms with Crippen molar-refractivity contribution >= 4 is 17.7 Å². The quantitative estimate of drug-likeness (QED) is 0.617. The zero-order valence-electron chi connectivity index (χ0n) is 15.7. The summed E-state index contributed by atoms with van der Waals surface area (Å²) in [6.07, 6.45) is 3.53. The van der Waals surface area contributed by atoms with Crippen molar-refractivity contribution in [2.45, 2.75) is 20.3 Å². The van der Waals surface area contributed by atoms with Crippen molar-refractivity contribution in [1.82, 2.24) is 0 Å². The molecule has 5 nitrogen and oxygen atoms in total. The standard InChI is InChI=1S/C22H24N2O3/c1-3-26-20-11-6-18(7-12-20)8-15-22(25)24(17-5-16-23)19-9-13-21(14-10-19)27-4-2/h6-15H,3-5,17H2,1-2H3/b15-8+. The molecule has 5 heteroatoms. The van der Waals surface area contributed by atoms with Gasteiger partial charge in [-0.2, -0.15) is 5.26 Å². The second-order valence-electron chi connectivity index (χ2n) is 5.66. The van der Waals surface area contributed by atoms with Crippen LogP contribution in [0.5, 0.6) is 11.5 Å². The fourth-order valence-corrected chi connectivity index (χ4v) is 2.52. The van der Waals surface area contributed by atoms with Crippen LogP contribution in [0.25, 0.3) is 6.08 Å². The van der Waals surface area contributed by atoms with Crippen molar-refractivity contribution in [2.75, 3.05) is 24.7 Å². The van der Waals surface area contributed by atoms with Crippen molar-refractivity contribution in [3.8, 4) is 17.6 Å². The molecule has 140 valence electrons. The molecule has 0 heterocycles. The van der Waals surface area contributed by atoms with Gasteiger partial charge in [-0.05, 0) is 61.9 Å². The van der Waals surface area contributed by atoms with Gasteiger partial charge in [-0.15, -0.1) is 0 Å². The second kappa shape index (κ2) is 10.7. The molecule has 0 saturated carbocycles. The van der Waals surface area contributed by atoms with Crippen molar-refractivity contribution in [3.63, 3.8) is 0 Å². The first-order valence-corrected chi connectivity index (χ1v) is 9.00. The van der Waals surface area contributed by atoms with Crippen LogP contribution in [-0.2, 0) is 4.79 Å². The van der Waals surface area contributed by atoms with Crippen LogP contribution in [0.15, 0.2) is 54.6 Å². The molecule has 27 heavy (non-hydrogen) atoms. The normalized spacial score (nSPS) is 10.4. The van der Waals surface area contributed by atoms with Crippen LogP contribution in [0.1, 0.15) is 25.8 Å². The molecular formula is C22H24N2O3. The Morgan fingerprint density at radius 1 is 1.00 bits per heavy atom. The van der Waals surface area contributed by atoms with Gasteiger partial charge in [0.05, 0.1) is 25.7 Å². The number of carbonyl (C=O) groups is 1. The first-order valence-electron chi connectivity index (χ1n) is 9.00. The molecule has 0 unspecified atom stereocenters.